The highest BCUT2D eigenvalue weighted by atomic mass is 16.5. The van der Waals surface area contributed by atoms with E-state index < -0.39 is 0 Å². The highest BCUT2D eigenvalue weighted by Gasteiger charge is 2.39. The molecule has 2 aliphatic rings. The molecule has 0 spiro atoms. The Kier molecular flexibility index (Phi) is 5.97. The summed E-state index contributed by atoms with van der Waals surface area (Å²) in [6.07, 6.45) is 2.62. The monoisotopic (exact) mass is 347 g/mol. The highest BCUT2D eigenvalue weighted by Crippen LogP contribution is 2.30. The number of hydrogen-bond donors (Lipinski definition) is 1. The topological polar surface area (TPSA) is 59.0 Å². The lowest BCUT2D eigenvalue weighted by Crippen LogP contribution is -2.48. The SMILES string of the molecule is Cc1cccc(OCCC(=O)N2CCC[C@@H]2[C@@H]2COCC[C@@H]2O)c1C. The Morgan fingerprint density at radius 3 is 3.00 bits per heavy atom. The van der Waals surface area contributed by atoms with Crippen molar-refractivity contribution in [3.05, 3.63) is 29.3 Å². The largest absolute Gasteiger partial charge is 0.493 e. The number of aryl methyl sites for hydroxylation is 1. The van der Waals surface area contributed by atoms with Crippen LogP contribution in [0.3, 0.4) is 0 Å². The van der Waals surface area contributed by atoms with Gasteiger partial charge in [0.15, 0.2) is 0 Å². The Hall–Kier alpha value is -1.59. The molecule has 5 heteroatoms. The normalized spacial score (nSPS) is 26.7. The van der Waals surface area contributed by atoms with E-state index in [1.165, 1.54) is 5.56 Å². The van der Waals surface area contributed by atoms with Crippen LogP contribution in [-0.2, 0) is 9.53 Å². The summed E-state index contributed by atoms with van der Waals surface area (Å²) < 4.78 is 11.4. The number of amides is 1. The lowest BCUT2D eigenvalue weighted by molar-refractivity contribution is -0.136. The van der Waals surface area contributed by atoms with Gasteiger partial charge in [-0.3, -0.25) is 4.79 Å². The fourth-order valence-corrected chi connectivity index (χ4v) is 3.94. The lowest BCUT2D eigenvalue weighted by atomic mass is 9.89. The summed E-state index contributed by atoms with van der Waals surface area (Å²) in [6.45, 7) is 6.41. The van der Waals surface area contributed by atoms with Crippen LogP contribution < -0.4 is 4.74 Å². The Labute approximate surface area is 149 Å². The molecular weight excluding hydrogens is 318 g/mol. The number of benzene rings is 1. The number of aliphatic hydroxyl groups excluding tert-OH is 1. The van der Waals surface area contributed by atoms with Crippen LogP contribution in [0.5, 0.6) is 5.75 Å². The minimum atomic E-state index is -0.363. The van der Waals surface area contributed by atoms with Gasteiger partial charge in [-0.2, -0.15) is 0 Å². The van der Waals surface area contributed by atoms with Crippen LogP contribution in [-0.4, -0.2) is 54.4 Å². The first kappa shape index (κ1) is 18.2. The fourth-order valence-electron chi connectivity index (χ4n) is 3.94. The van der Waals surface area contributed by atoms with E-state index >= 15 is 0 Å². The molecule has 1 aromatic carbocycles. The van der Waals surface area contributed by atoms with Crippen LogP contribution in [0.1, 0.15) is 36.8 Å². The first-order valence-electron chi connectivity index (χ1n) is 9.32. The molecule has 2 heterocycles. The van der Waals surface area contributed by atoms with E-state index in [0.29, 0.717) is 32.7 Å². The van der Waals surface area contributed by atoms with Crippen LogP contribution in [0.25, 0.3) is 0 Å². The average Bonchev–Trinajstić information content (AvgIpc) is 3.08. The number of likely N-dealkylation sites (tertiary alicyclic amines) is 1. The second-order valence-corrected chi connectivity index (χ2v) is 7.19. The predicted octanol–water partition coefficient (Wildman–Crippen LogP) is 2.46. The van der Waals surface area contributed by atoms with E-state index in [4.69, 9.17) is 9.47 Å². The molecule has 5 nitrogen and oxygen atoms in total. The molecule has 2 aliphatic heterocycles. The third-order valence-corrected chi connectivity index (χ3v) is 5.60. The smallest absolute Gasteiger partial charge is 0.226 e. The molecule has 138 valence electrons. The van der Waals surface area contributed by atoms with Gasteiger partial charge < -0.3 is 19.5 Å². The number of carbonyl (C=O) groups is 1. The van der Waals surface area contributed by atoms with Gasteiger partial charge in [-0.05, 0) is 50.3 Å². The van der Waals surface area contributed by atoms with E-state index in [2.05, 4.69) is 13.0 Å². The van der Waals surface area contributed by atoms with Gasteiger partial charge in [0, 0.05) is 25.1 Å². The number of hydrogen-bond acceptors (Lipinski definition) is 4. The van der Waals surface area contributed by atoms with E-state index in [0.717, 1.165) is 30.7 Å². The van der Waals surface area contributed by atoms with Crippen molar-refractivity contribution in [2.45, 2.75) is 51.7 Å². The first-order valence-corrected chi connectivity index (χ1v) is 9.32. The molecule has 0 saturated carbocycles. The lowest BCUT2D eigenvalue weighted by Gasteiger charge is -2.37. The van der Waals surface area contributed by atoms with E-state index in [-0.39, 0.29) is 24.0 Å². The zero-order valence-corrected chi connectivity index (χ0v) is 15.2. The van der Waals surface area contributed by atoms with Crippen molar-refractivity contribution < 1.29 is 19.4 Å². The van der Waals surface area contributed by atoms with Crippen LogP contribution >= 0.6 is 0 Å². The van der Waals surface area contributed by atoms with Crippen molar-refractivity contribution in [2.24, 2.45) is 5.92 Å². The summed E-state index contributed by atoms with van der Waals surface area (Å²) in [4.78, 5) is 14.6. The molecule has 3 rings (SSSR count). The first-order chi connectivity index (χ1) is 12.1. The van der Waals surface area contributed by atoms with Crippen molar-refractivity contribution in [3.8, 4) is 5.75 Å². The molecule has 25 heavy (non-hydrogen) atoms. The van der Waals surface area contributed by atoms with Crippen molar-refractivity contribution in [1.29, 1.82) is 0 Å². The second-order valence-electron chi connectivity index (χ2n) is 7.19. The summed E-state index contributed by atoms with van der Waals surface area (Å²) in [6, 6.07) is 6.07. The Morgan fingerprint density at radius 1 is 1.36 bits per heavy atom. The summed E-state index contributed by atoms with van der Waals surface area (Å²) in [5.41, 5.74) is 2.31. The maximum atomic E-state index is 12.7. The van der Waals surface area contributed by atoms with Gasteiger partial charge in [0.05, 0.1) is 25.7 Å². The van der Waals surface area contributed by atoms with Crippen molar-refractivity contribution in [2.75, 3.05) is 26.4 Å². The van der Waals surface area contributed by atoms with Gasteiger partial charge in [0.1, 0.15) is 5.75 Å². The Bertz CT molecular complexity index is 603. The van der Waals surface area contributed by atoms with Crippen LogP contribution in [0, 0.1) is 19.8 Å². The number of nitrogens with zero attached hydrogens (tertiary/aromatic N) is 1. The third-order valence-electron chi connectivity index (χ3n) is 5.60. The number of aliphatic hydroxyl groups is 1. The summed E-state index contributed by atoms with van der Waals surface area (Å²) in [7, 11) is 0. The van der Waals surface area contributed by atoms with Crippen molar-refractivity contribution in [1.82, 2.24) is 4.90 Å². The molecule has 0 aromatic heterocycles. The number of carbonyl (C=O) groups excluding carboxylic acids is 1. The summed E-state index contributed by atoms with van der Waals surface area (Å²) in [5.74, 6) is 1.01. The molecule has 0 radical (unpaired) electrons. The second kappa shape index (κ2) is 8.19. The van der Waals surface area contributed by atoms with Crippen molar-refractivity contribution >= 4 is 5.91 Å². The highest BCUT2D eigenvalue weighted by molar-refractivity contribution is 5.77. The maximum absolute atomic E-state index is 12.7. The molecule has 0 bridgehead atoms. The summed E-state index contributed by atoms with van der Waals surface area (Å²) in [5, 5.41) is 10.3. The van der Waals surface area contributed by atoms with E-state index in [1.807, 2.05) is 24.0 Å². The maximum Gasteiger partial charge on any atom is 0.226 e. The minimum absolute atomic E-state index is 0.0418. The van der Waals surface area contributed by atoms with Gasteiger partial charge in [-0.1, -0.05) is 12.1 Å². The van der Waals surface area contributed by atoms with Gasteiger partial charge in [0.25, 0.3) is 0 Å². The molecular formula is C20H29NO4. The van der Waals surface area contributed by atoms with Gasteiger partial charge in [0.2, 0.25) is 5.91 Å². The van der Waals surface area contributed by atoms with Crippen LogP contribution in [0.4, 0.5) is 0 Å². The van der Waals surface area contributed by atoms with Crippen LogP contribution in [0.15, 0.2) is 18.2 Å². The number of rotatable bonds is 5. The molecule has 2 saturated heterocycles. The molecule has 3 atom stereocenters. The molecule has 2 fully saturated rings. The molecule has 0 aliphatic carbocycles. The number of ether oxygens (including phenoxy) is 2. The zero-order chi connectivity index (χ0) is 17.8. The van der Waals surface area contributed by atoms with Gasteiger partial charge >= 0.3 is 0 Å². The fraction of sp³-hybridized carbons (Fsp3) is 0.650. The molecule has 0 unspecified atom stereocenters. The minimum Gasteiger partial charge on any atom is -0.493 e. The summed E-state index contributed by atoms with van der Waals surface area (Å²) >= 11 is 0. The van der Waals surface area contributed by atoms with E-state index in [9.17, 15) is 9.90 Å². The quantitative estimate of drug-likeness (QED) is 0.889. The molecule has 1 N–H and O–H groups in total. The van der Waals surface area contributed by atoms with Gasteiger partial charge in [-0.25, -0.2) is 0 Å². The Morgan fingerprint density at radius 2 is 2.20 bits per heavy atom. The average molecular weight is 347 g/mol. The van der Waals surface area contributed by atoms with Crippen molar-refractivity contribution in [3.63, 3.8) is 0 Å². The molecule has 1 aromatic rings. The molecule has 1 amide bonds. The zero-order valence-electron chi connectivity index (χ0n) is 15.2. The van der Waals surface area contributed by atoms with Crippen LogP contribution in [0.2, 0.25) is 0 Å². The third kappa shape index (κ3) is 4.15. The van der Waals surface area contributed by atoms with Gasteiger partial charge in [-0.15, -0.1) is 0 Å². The predicted molar refractivity (Wildman–Crippen MR) is 95.7 cm³/mol. The standard InChI is InChI=1S/C20H29NO4/c1-14-5-3-7-19(15(14)2)25-12-9-20(23)21-10-4-6-17(21)16-13-24-11-8-18(16)22/h3,5,7,16-18,22H,4,6,8-13H2,1-2H3/t16-,17+,18-/m0/s1. The van der Waals surface area contributed by atoms with E-state index in [1.54, 1.807) is 0 Å². The Balaban J connectivity index is 1.54.